The summed E-state index contributed by atoms with van der Waals surface area (Å²) in [6.07, 6.45) is 12.2. The van der Waals surface area contributed by atoms with Gasteiger partial charge in [0.25, 0.3) is 0 Å². The van der Waals surface area contributed by atoms with E-state index in [0.717, 1.165) is 50.3 Å². The molecule has 0 radical (unpaired) electrons. The fourth-order valence-corrected chi connectivity index (χ4v) is 5.17. The molecular formula is C21H27N5O. The first kappa shape index (κ1) is 16.9. The van der Waals surface area contributed by atoms with Crippen LogP contribution in [0.15, 0.2) is 30.6 Å². The number of nitrogens with zero attached hydrogens (tertiary/aromatic N) is 5. The van der Waals surface area contributed by atoms with Gasteiger partial charge in [0.15, 0.2) is 0 Å². The standard InChI is InChI=1S/C21H27N5O/c27-20(17-13-21(17)8-2-3-9-21)25-11-6-16(7-12-25)14-26-15-19(23-24-26)18-5-1-4-10-22-18/h1,4-5,10,15-17H,2-3,6-9,11-14H2/t17-/m0/s1. The van der Waals surface area contributed by atoms with Crippen LogP contribution in [0.1, 0.15) is 44.9 Å². The molecule has 0 unspecified atom stereocenters. The van der Waals surface area contributed by atoms with Crippen molar-refractivity contribution in [3.05, 3.63) is 30.6 Å². The Kier molecular flexibility index (Phi) is 4.21. The van der Waals surface area contributed by atoms with Crippen molar-refractivity contribution < 1.29 is 4.79 Å². The van der Waals surface area contributed by atoms with Gasteiger partial charge < -0.3 is 4.90 Å². The molecule has 6 nitrogen and oxygen atoms in total. The largest absolute Gasteiger partial charge is 0.342 e. The summed E-state index contributed by atoms with van der Waals surface area (Å²) in [5.41, 5.74) is 2.09. The van der Waals surface area contributed by atoms with E-state index in [1.165, 1.54) is 25.7 Å². The Morgan fingerprint density at radius 2 is 1.96 bits per heavy atom. The molecular weight excluding hydrogens is 338 g/mol. The molecule has 2 aromatic rings. The summed E-state index contributed by atoms with van der Waals surface area (Å²) in [6, 6.07) is 5.82. The second-order valence-electron chi connectivity index (χ2n) is 8.64. The molecule has 0 bridgehead atoms. The molecule has 1 amide bonds. The van der Waals surface area contributed by atoms with Crippen molar-refractivity contribution in [3.8, 4) is 11.4 Å². The monoisotopic (exact) mass is 365 g/mol. The van der Waals surface area contributed by atoms with E-state index in [1.807, 2.05) is 29.1 Å². The molecule has 2 aromatic heterocycles. The third-order valence-corrected chi connectivity index (χ3v) is 6.92. The highest BCUT2D eigenvalue weighted by molar-refractivity contribution is 5.82. The summed E-state index contributed by atoms with van der Waals surface area (Å²) in [4.78, 5) is 19.3. The molecule has 3 fully saturated rings. The maximum absolute atomic E-state index is 12.8. The van der Waals surface area contributed by atoms with Crippen LogP contribution in [0.4, 0.5) is 0 Å². The number of carbonyl (C=O) groups is 1. The SMILES string of the molecule is O=C([C@@H]1CC12CCCC2)N1CCC(Cn2cc(-c3ccccn3)nn2)CC1. The van der Waals surface area contributed by atoms with Crippen molar-refractivity contribution in [3.63, 3.8) is 0 Å². The van der Waals surface area contributed by atoms with Gasteiger partial charge in [0.1, 0.15) is 5.69 Å². The summed E-state index contributed by atoms with van der Waals surface area (Å²) >= 11 is 0. The molecule has 3 heterocycles. The molecule has 2 saturated carbocycles. The zero-order valence-electron chi connectivity index (χ0n) is 15.8. The minimum Gasteiger partial charge on any atom is -0.342 e. The Labute approximate surface area is 160 Å². The van der Waals surface area contributed by atoms with E-state index in [0.29, 0.717) is 23.2 Å². The van der Waals surface area contributed by atoms with Crippen LogP contribution in [-0.2, 0) is 11.3 Å². The van der Waals surface area contributed by atoms with E-state index in [1.54, 1.807) is 6.20 Å². The molecule has 0 N–H and O–H groups in total. The molecule has 1 aliphatic heterocycles. The topological polar surface area (TPSA) is 63.9 Å². The predicted octanol–water partition coefficient (Wildman–Crippen LogP) is 3.16. The molecule has 142 valence electrons. The molecule has 1 spiro atoms. The van der Waals surface area contributed by atoms with Gasteiger partial charge in [-0.05, 0) is 55.6 Å². The summed E-state index contributed by atoms with van der Waals surface area (Å²) in [5.74, 6) is 1.34. The highest BCUT2D eigenvalue weighted by Gasteiger charge is 2.59. The molecule has 1 atom stereocenters. The Bertz CT molecular complexity index is 803. The van der Waals surface area contributed by atoms with Crippen LogP contribution in [-0.4, -0.2) is 43.9 Å². The molecule has 1 saturated heterocycles. The van der Waals surface area contributed by atoms with Crippen LogP contribution in [0, 0.1) is 17.3 Å². The Hall–Kier alpha value is -2.24. The number of hydrogen-bond donors (Lipinski definition) is 0. The van der Waals surface area contributed by atoms with Crippen LogP contribution in [0.3, 0.4) is 0 Å². The maximum Gasteiger partial charge on any atom is 0.226 e. The van der Waals surface area contributed by atoms with Gasteiger partial charge >= 0.3 is 0 Å². The van der Waals surface area contributed by atoms with Crippen LogP contribution < -0.4 is 0 Å². The predicted molar refractivity (Wildman–Crippen MR) is 102 cm³/mol. The third kappa shape index (κ3) is 3.26. The van der Waals surface area contributed by atoms with Gasteiger partial charge in [0.05, 0.1) is 11.9 Å². The Morgan fingerprint density at radius 3 is 2.70 bits per heavy atom. The van der Waals surface area contributed by atoms with Crippen LogP contribution in [0.2, 0.25) is 0 Å². The summed E-state index contributed by atoms with van der Waals surface area (Å²) in [5, 5.41) is 8.53. The molecule has 5 rings (SSSR count). The molecule has 27 heavy (non-hydrogen) atoms. The molecule has 2 aliphatic carbocycles. The zero-order chi connectivity index (χ0) is 18.3. The van der Waals surface area contributed by atoms with E-state index in [2.05, 4.69) is 20.2 Å². The number of pyridine rings is 1. The summed E-state index contributed by atoms with van der Waals surface area (Å²) in [6.45, 7) is 2.67. The second kappa shape index (κ2) is 6.73. The first-order valence-electron chi connectivity index (χ1n) is 10.3. The van der Waals surface area contributed by atoms with Crippen LogP contribution >= 0.6 is 0 Å². The van der Waals surface area contributed by atoms with E-state index in [-0.39, 0.29) is 0 Å². The fraction of sp³-hybridized carbons (Fsp3) is 0.619. The maximum atomic E-state index is 12.8. The summed E-state index contributed by atoms with van der Waals surface area (Å²) < 4.78 is 1.93. The minimum atomic E-state index is 0.341. The lowest BCUT2D eigenvalue weighted by Gasteiger charge is -2.32. The van der Waals surface area contributed by atoms with Crippen molar-refractivity contribution in [2.45, 2.75) is 51.5 Å². The lowest BCUT2D eigenvalue weighted by Crippen LogP contribution is -2.40. The van der Waals surface area contributed by atoms with Gasteiger partial charge in [-0.2, -0.15) is 0 Å². The molecule has 6 heteroatoms. The van der Waals surface area contributed by atoms with Crippen LogP contribution in [0.25, 0.3) is 11.4 Å². The van der Waals surface area contributed by atoms with Gasteiger partial charge in [-0.15, -0.1) is 5.10 Å². The number of likely N-dealkylation sites (tertiary alicyclic amines) is 1. The lowest BCUT2D eigenvalue weighted by molar-refractivity contribution is -0.134. The quantitative estimate of drug-likeness (QED) is 0.835. The number of amides is 1. The highest BCUT2D eigenvalue weighted by Crippen LogP contribution is 2.63. The van der Waals surface area contributed by atoms with Crippen molar-refractivity contribution in [2.75, 3.05) is 13.1 Å². The van der Waals surface area contributed by atoms with E-state index in [9.17, 15) is 4.79 Å². The highest BCUT2D eigenvalue weighted by atomic mass is 16.2. The average molecular weight is 365 g/mol. The molecule has 0 aromatic carbocycles. The van der Waals surface area contributed by atoms with Crippen molar-refractivity contribution in [2.24, 2.45) is 17.3 Å². The lowest BCUT2D eigenvalue weighted by atomic mass is 9.95. The average Bonchev–Trinajstić information content (AvgIpc) is 3.02. The van der Waals surface area contributed by atoms with E-state index in [4.69, 9.17) is 0 Å². The minimum absolute atomic E-state index is 0.341. The van der Waals surface area contributed by atoms with Crippen LogP contribution in [0.5, 0.6) is 0 Å². The van der Waals surface area contributed by atoms with Gasteiger partial charge in [-0.25, -0.2) is 0 Å². The second-order valence-corrected chi connectivity index (χ2v) is 8.64. The van der Waals surface area contributed by atoms with Gasteiger partial charge in [-0.1, -0.05) is 24.1 Å². The van der Waals surface area contributed by atoms with Crippen molar-refractivity contribution >= 4 is 5.91 Å². The Balaban J connectivity index is 1.14. The number of carbonyl (C=O) groups excluding carboxylic acids is 1. The first-order chi connectivity index (χ1) is 13.2. The first-order valence-corrected chi connectivity index (χ1v) is 10.3. The molecule has 3 aliphatic rings. The van der Waals surface area contributed by atoms with Gasteiger partial charge in [0, 0.05) is 31.7 Å². The van der Waals surface area contributed by atoms with Gasteiger partial charge in [0.2, 0.25) is 5.91 Å². The number of hydrogen-bond acceptors (Lipinski definition) is 4. The van der Waals surface area contributed by atoms with Gasteiger partial charge in [-0.3, -0.25) is 14.5 Å². The Morgan fingerprint density at radius 1 is 1.15 bits per heavy atom. The van der Waals surface area contributed by atoms with E-state index < -0.39 is 0 Å². The summed E-state index contributed by atoms with van der Waals surface area (Å²) in [7, 11) is 0. The van der Waals surface area contributed by atoms with E-state index >= 15 is 0 Å². The normalized spacial score (nSPS) is 24.4. The third-order valence-electron chi connectivity index (χ3n) is 6.92. The smallest absolute Gasteiger partial charge is 0.226 e. The van der Waals surface area contributed by atoms with Crippen molar-refractivity contribution in [1.29, 1.82) is 0 Å². The number of aromatic nitrogens is 4. The van der Waals surface area contributed by atoms with Crippen molar-refractivity contribution in [1.82, 2.24) is 24.9 Å². The number of piperidine rings is 1. The zero-order valence-corrected chi connectivity index (χ0v) is 15.8. The number of rotatable bonds is 4. The fourth-order valence-electron chi connectivity index (χ4n) is 5.17.